The van der Waals surface area contributed by atoms with E-state index in [0.717, 1.165) is 16.8 Å². The summed E-state index contributed by atoms with van der Waals surface area (Å²) in [5.41, 5.74) is 4.12. The quantitative estimate of drug-likeness (QED) is 0.837. The van der Waals surface area contributed by atoms with Crippen LogP contribution in [0.2, 0.25) is 0 Å². The molecule has 1 aromatic rings. The minimum absolute atomic E-state index is 0.299. The van der Waals surface area contributed by atoms with E-state index in [1.807, 2.05) is 32.0 Å². The Kier molecular flexibility index (Phi) is 5.72. The predicted octanol–water partition coefficient (Wildman–Crippen LogP) is 2.70. The number of hydroxylamine groups is 1. The summed E-state index contributed by atoms with van der Waals surface area (Å²) in [6.07, 6.45) is -0.734. The molecule has 0 atom stereocenters. The number of aryl methyl sites for hydroxylation is 2. The van der Waals surface area contributed by atoms with Gasteiger partial charge in [0.15, 0.2) is 6.61 Å². The Labute approximate surface area is 124 Å². The van der Waals surface area contributed by atoms with E-state index in [-0.39, 0.29) is 12.5 Å². The molecule has 0 saturated carbocycles. The van der Waals surface area contributed by atoms with Gasteiger partial charge in [-0.1, -0.05) is 18.2 Å². The summed E-state index contributed by atoms with van der Waals surface area (Å²) in [5, 5.41) is 2.74. The summed E-state index contributed by atoms with van der Waals surface area (Å²) < 4.78 is 4.97. The van der Waals surface area contributed by atoms with Gasteiger partial charge in [0, 0.05) is 5.69 Å². The van der Waals surface area contributed by atoms with Crippen molar-refractivity contribution in [3.05, 3.63) is 29.3 Å². The average molecular weight is 294 g/mol. The maximum atomic E-state index is 11.8. The van der Waals surface area contributed by atoms with Gasteiger partial charge < -0.3 is 10.1 Å². The summed E-state index contributed by atoms with van der Waals surface area (Å²) in [6.45, 7) is 8.72. The number of carbonyl (C=O) groups is 2. The molecule has 1 rings (SSSR count). The molecule has 21 heavy (non-hydrogen) atoms. The molecular weight excluding hydrogens is 272 g/mol. The fourth-order valence-electron chi connectivity index (χ4n) is 1.65. The number of ether oxygens (including phenoxy) is 1. The van der Waals surface area contributed by atoms with E-state index in [1.54, 1.807) is 20.8 Å². The molecule has 0 radical (unpaired) electrons. The zero-order valence-electron chi connectivity index (χ0n) is 13.1. The highest BCUT2D eigenvalue weighted by molar-refractivity contribution is 5.93. The van der Waals surface area contributed by atoms with E-state index in [2.05, 4.69) is 10.8 Å². The van der Waals surface area contributed by atoms with E-state index >= 15 is 0 Å². The zero-order valence-corrected chi connectivity index (χ0v) is 13.1. The van der Waals surface area contributed by atoms with Crippen molar-refractivity contribution in [3.63, 3.8) is 0 Å². The van der Waals surface area contributed by atoms with Crippen LogP contribution in [0.3, 0.4) is 0 Å². The van der Waals surface area contributed by atoms with Crippen LogP contribution >= 0.6 is 0 Å². The number of nitrogens with one attached hydrogen (secondary N) is 2. The lowest BCUT2D eigenvalue weighted by molar-refractivity contribution is -0.122. The summed E-state index contributed by atoms with van der Waals surface area (Å²) in [4.78, 5) is 27.9. The van der Waals surface area contributed by atoms with Crippen molar-refractivity contribution in [2.24, 2.45) is 0 Å². The first kappa shape index (κ1) is 17.0. The third kappa shape index (κ3) is 6.27. The average Bonchev–Trinajstić information content (AvgIpc) is 2.31. The van der Waals surface area contributed by atoms with Gasteiger partial charge in [-0.25, -0.2) is 4.79 Å². The molecule has 0 heterocycles. The summed E-state index contributed by atoms with van der Waals surface area (Å²) in [7, 11) is 0. The fourth-order valence-corrected chi connectivity index (χ4v) is 1.65. The summed E-state index contributed by atoms with van der Waals surface area (Å²) in [5.74, 6) is -0.358. The Morgan fingerprint density at radius 1 is 1.14 bits per heavy atom. The van der Waals surface area contributed by atoms with Crippen molar-refractivity contribution in [1.29, 1.82) is 0 Å². The molecule has 0 aliphatic carbocycles. The smallest absolute Gasteiger partial charge is 0.431 e. The number of anilines is 1. The van der Waals surface area contributed by atoms with Gasteiger partial charge in [-0.3, -0.25) is 9.63 Å². The summed E-state index contributed by atoms with van der Waals surface area (Å²) in [6, 6.07) is 5.73. The molecule has 2 amide bonds. The number of para-hydroxylation sites is 1. The van der Waals surface area contributed by atoms with Gasteiger partial charge >= 0.3 is 6.09 Å². The van der Waals surface area contributed by atoms with Crippen molar-refractivity contribution in [2.75, 3.05) is 11.9 Å². The lowest BCUT2D eigenvalue weighted by Gasteiger charge is -2.19. The van der Waals surface area contributed by atoms with Gasteiger partial charge in [0.05, 0.1) is 0 Å². The Hall–Kier alpha value is -2.08. The van der Waals surface area contributed by atoms with Crippen LogP contribution in [0.15, 0.2) is 18.2 Å². The van der Waals surface area contributed by atoms with Crippen LogP contribution in [0, 0.1) is 13.8 Å². The number of hydrogen-bond acceptors (Lipinski definition) is 4. The molecule has 0 aromatic heterocycles. The van der Waals surface area contributed by atoms with E-state index in [1.165, 1.54) is 0 Å². The lowest BCUT2D eigenvalue weighted by atomic mass is 10.1. The molecule has 0 unspecified atom stereocenters. The number of benzene rings is 1. The second-order valence-electron chi connectivity index (χ2n) is 5.71. The van der Waals surface area contributed by atoms with Crippen molar-refractivity contribution in [1.82, 2.24) is 5.48 Å². The van der Waals surface area contributed by atoms with Crippen LogP contribution in [0.1, 0.15) is 31.9 Å². The molecule has 0 aliphatic heterocycles. The second-order valence-corrected chi connectivity index (χ2v) is 5.71. The molecule has 0 saturated heterocycles. The first-order valence-electron chi connectivity index (χ1n) is 6.66. The molecule has 0 aliphatic rings. The Morgan fingerprint density at radius 3 is 2.24 bits per heavy atom. The third-order valence-electron chi connectivity index (χ3n) is 2.50. The molecule has 0 bridgehead atoms. The normalized spacial score (nSPS) is 10.9. The topological polar surface area (TPSA) is 76.7 Å². The van der Waals surface area contributed by atoms with Gasteiger partial charge in [0.1, 0.15) is 5.60 Å². The third-order valence-corrected chi connectivity index (χ3v) is 2.50. The Morgan fingerprint density at radius 2 is 1.71 bits per heavy atom. The standard InChI is InChI=1S/C15H22N2O4/c1-10-7-6-8-11(2)13(10)16-12(18)9-20-17-14(19)21-15(3,4)5/h6-8H,9H2,1-5H3,(H,16,18)(H,17,19). The van der Waals surface area contributed by atoms with Gasteiger partial charge in [-0.05, 0) is 45.7 Å². The number of rotatable bonds is 4. The largest absolute Gasteiger partial charge is 0.442 e. The lowest BCUT2D eigenvalue weighted by Crippen LogP contribution is -2.34. The Bertz CT molecular complexity index is 501. The van der Waals surface area contributed by atoms with Crippen molar-refractivity contribution in [2.45, 2.75) is 40.2 Å². The summed E-state index contributed by atoms with van der Waals surface area (Å²) >= 11 is 0. The van der Waals surface area contributed by atoms with Crippen LogP contribution in [0.25, 0.3) is 0 Å². The van der Waals surface area contributed by atoms with Crippen LogP contribution in [0.4, 0.5) is 10.5 Å². The number of hydrogen-bond donors (Lipinski definition) is 2. The van der Waals surface area contributed by atoms with Crippen LogP contribution in [-0.4, -0.2) is 24.2 Å². The number of carbonyl (C=O) groups excluding carboxylic acids is 2. The zero-order chi connectivity index (χ0) is 16.0. The molecule has 1 aromatic carbocycles. The molecule has 6 nitrogen and oxygen atoms in total. The van der Waals surface area contributed by atoms with Crippen LogP contribution in [0.5, 0.6) is 0 Å². The Balaban J connectivity index is 2.40. The molecular formula is C15H22N2O4. The van der Waals surface area contributed by atoms with E-state index in [0.29, 0.717) is 0 Å². The predicted molar refractivity (Wildman–Crippen MR) is 79.9 cm³/mol. The highest BCUT2D eigenvalue weighted by Gasteiger charge is 2.16. The molecule has 6 heteroatoms. The fraction of sp³-hybridized carbons (Fsp3) is 0.467. The SMILES string of the molecule is Cc1cccc(C)c1NC(=O)CONC(=O)OC(C)(C)C. The molecule has 0 spiro atoms. The van der Waals surface area contributed by atoms with E-state index < -0.39 is 11.7 Å². The minimum atomic E-state index is -0.734. The minimum Gasteiger partial charge on any atom is -0.442 e. The first-order chi connectivity index (χ1) is 9.69. The number of amides is 2. The van der Waals surface area contributed by atoms with Crippen LogP contribution < -0.4 is 10.8 Å². The molecule has 116 valence electrons. The van der Waals surface area contributed by atoms with E-state index in [9.17, 15) is 9.59 Å². The van der Waals surface area contributed by atoms with Gasteiger partial charge in [-0.15, -0.1) is 0 Å². The molecule has 0 fully saturated rings. The van der Waals surface area contributed by atoms with Crippen LogP contribution in [-0.2, 0) is 14.4 Å². The van der Waals surface area contributed by atoms with Gasteiger partial charge in [-0.2, -0.15) is 5.48 Å². The maximum Gasteiger partial charge on any atom is 0.431 e. The van der Waals surface area contributed by atoms with Crippen molar-refractivity contribution < 1.29 is 19.2 Å². The second kappa shape index (κ2) is 7.08. The van der Waals surface area contributed by atoms with Crippen molar-refractivity contribution in [3.8, 4) is 0 Å². The first-order valence-corrected chi connectivity index (χ1v) is 6.66. The van der Waals surface area contributed by atoms with Gasteiger partial charge in [0.25, 0.3) is 5.91 Å². The highest BCUT2D eigenvalue weighted by atomic mass is 16.7. The van der Waals surface area contributed by atoms with E-state index in [4.69, 9.17) is 9.57 Å². The molecule has 2 N–H and O–H groups in total. The maximum absolute atomic E-state index is 11.8. The van der Waals surface area contributed by atoms with Crippen molar-refractivity contribution >= 4 is 17.7 Å². The van der Waals surface area contributed by atoms with Gasteiger partial charge in [0.2, 0.25) is 0 Å². The monoisotopic (exact) mass is 294 g/mol. The highest BCUT2D eigenvalue weighted by Crippen LogP contribution is 2.19.